The topological polar surface area (TPSA) is 52.7 Å². The largest absolute Gasteiger partial charge is 0.545 e. The summed E-state index contributed by atoms with van der Waals surface area (Å²) in [6, 6.07) is 7.69. The molecule has 0 aliphatic carbocycles. The molecule has 1 atom stereocenters. The number of benzene rings is 1. The molecule has 0 amide bonds. The van der Waals surface area contributed by atoms with Crippen LogP contribution in [0.3, 0.4) is 0 Å². The van der Waals surface area contributed by atoms with Gasteiger partial charge in [-0.1, -0.05) is 30.3 Å². The molecule has 0 saturated carbocycles. The van der Waals surface area contributed by atoms with Gasteiger partial charge >= 0.3 is 0 Å². The lowest BCUT2D eigenvalue weighted by Crippen LogP contribution is -2.18. The molecular weight excluding hydrogens is 192 g/mol. The Labute approximate surface area is 88.0 Å². The fourth-order valence-corrected chi connectivity index (χ4v) is 1.47. The number of aliphatic carboxylic acids is 1. The van der Waals surface area contributed by atoms with Gasteiger partial charge in [0.05, 0.1) is 18.7 Å². The number of carbonyl (C=O) groups is 1. The minimum atomic E-state index is -1.17. The molecule has 1 aromatic rings. The van der Waals surface area contributed by atoms with E-state index in [0.29, 0.717) is 6.10 Å². The molecule has 0 N–H and O–H groups in total. The fraction of sp³-hybridized carbons (Fsp3) is 0.250. The molecule has 3 heteroatoms. The number of carbonyl (C=O) groups excluding carboxylic acids is 1. The molecule has 1 heterocycles. The molecule has 15 heavy (non-hydrogen) atoms. The first-order chi connectivity index (χ1) is 7.25. The summed E-state index contributed by atoms with van der Waals surface area (Å²) in [6.07, 6.45) is 3.76. The number of carboxylic acid groups (broad SMARTS) is 1. The molecule has 1 aliphatic rings. The van der Waals surface area contributed by atoms with Crippen LogP contribution in [0.1, 0.15) is 11.1 Å². The Morgan fingerprint density at radius 3 is 2.93 bits per heavy atom. The number of epoxide rings is 1. The second-order valence-corrected chi connectivity index (χ2v) is 3.51. The van der Waals surface area contributed by atoms with Gasteiger partial charge in [-0.15, -0.1) is 0 Å². The highest BCUT2D eigenvalue weighted by Gasteiger charge is 2.23. The van der Waals surface area contributed by atoms with Crippen molar-refractivity contribution in [3.8, 4) is 0 Å². The van der Waals surface area contributed by atoms with Crippen LogP contribution in [-0.2, 0) is 16.0 Å². The summed E-state index contributed by atoms with van der Waals surface area (Å²) in [5, 5.41) is 10.3. The first kappa shape index (κ1) is 9.93. The number of hydrogen-bond donors (Lipinski definition) is 0. The quantitative estimate of drug-likeness (QED) is 0.525. The molecule has 0 radical (unpaired) electrons. The standard InChI is InChI=1S/C12H12O3/c13-12(14)6-5-9-3-1-2-4-10(9)7-11-8-15-11/h1-6,11H,7-8H2,(H,13,14)/p-1/b6-5+. The third-order valence-electron chi connectivity index (χ3n) is 2.30. The molecule has 1 fully saturated rings. The smallest absolute Gasteiger partial charge is 0.0850 e. The highest BCUT2D eigenvalue weighted by atomic mass is 16.6. The molecule has 1 saturated heterocycles. The van der Waals surface area contributed by atoms with E-state index >= 15 is 0 Å². The molecular formula is C12H11O3-. The van der Waals surface area contributed by atoms with Crippen LogP contribution >= 0.6 is 0 Å². The van der Waals surface area contributed by atoms with E-state index in [9.17, 15) is 9.90 Å². The third-order valence-corrected chi connectivity index (χ3v) is 2.30. The van der Waals surface area contributed by atoms with Crippen molar-refractivity contribution < 1.29 is 14.6 Å². The lowest BCUT2D eigenvalue weighted by Gasteiger charge is -2.03. The van der Waals surface area contributed by atoms with E-state index in [2.05, 4.69) is 0 Å². The first-order valence-electron chi connectivity index (χ1n) is 4.84. The summed E-state index contributed by atoms with van der Waals surface area (Å²) in [5.41, 5.74) is 2.02. The van der Waals surface area contributed by atoms with E-state index in [1.165, 1.54) is 0 Å². The van der Waals surface area contributed by atoms with Crippen molar-refractivity contribution in [1.29, 1.82) is 0 Å². The van der Waals surface area contributed by atoms with E-state index < -0.39 is 5.97 Å². The average molecular weight is 203 g/mol. The lowest BCUT2D eigenvalue weighted by atomic mass is 10.0. The lowest BCUT2D eigenvalue weighted by molar-refractivity contribution is -0.297. The normalized spacial score (nSPS) is 19.3. The monoisotopic (exact) mass is 203 g/mol. The van der Waals surface area contributed by atoms with Gasteiger partial charge in [-0.2, -0.15) is 0 Å². The zero-order valence-corrected chi connectivity index (χ0v) is 8.18. The minimum Gasteiger partial charge on any atom is -0.545 e. The summed E-state index contributed by atoms with van der Waals surface area (Å²) in [7, 11) is 0. The van der Waals surface area contributed by atoms with Crippen molar-refractivity contribution in [3.05, 3.63) is 41.5 Å². The number of hydrogen-bond acceptors (Lipinski definition) is 3. The molecule has 0 aromatic heterocycles. The van der Waals surface area contributed by atoms with Crippen molar-refractivity contribution >= 4 is 12.0 Å². The van der Waals surface area contributed by atoms with Crippen LogP contribution in [-0.4, -0.2) is 18.7 Å². The van der Waals surface area contributed by atoms with Crippen LogP contribution in [0.2, 0.25) is 0 Å². The van der Waals surface area contributed by atoms with Gasteiger partial charge in [-0.05, 0) is 17.2 Å². The zero-order chi connectivity index (χ0) is 10.7. The van der Waals surface area contributed by atoms with Crippen molar-refractivity contribution in [2.24, 2.45) is 0 Å². The van der Waals surface area contributed by atoms with Crippen LogP contribution in [0.4, 0.5) is 0 Å². The Morgan fingerprint density at radius 2 is 2.27 bits per heavy atom. The molecule has 1 aromatic carbocycles. The van der Waals surface area contributed by atoms with Gasteiger partial charge in [-0.3, -0.25) is 0 Å². The van der Waals surface area contributed by atoms with Crippen molar-refractivity contribution in [3.63, 3.8) is 0 Å². The maximum absolute atomic E-state index is 10.3. The van der Waals surface area contributed by atoms with Crippen LogP contribution in [0.15, 0.2) is 30.3 Å². The molecule has 1 aliphatic heterocycles. The highest BCUT2D eigenvalue weighted by molar-refractivity contribution is 5.83. The van der Waals surface area contributed by atoms with Gasteiger partial charge in [0.1, 0.15) is 0 Å². The van der Waals surface area contributed by atoms with Crippen LogP contribution < -0.4 is 5.11 Å². The Kier molecular flexibility index (Phi) is 2.83. The van der Waals surface area contributed by atoms with Gasteiger partial charge in [-0.25, -0.2) is 0 Å². The fourth-order valence-electron chi connectivity index (χ4n) is 1.47. The van der Waals surface area contributed by atoms with Crippen LogP contribution in [0.5, 0.6) is 0 Å². The number of ether oxygens (including phenoxy) is 1. The van der Waals surface area contributed by atoms with Gasteiger partial charge in [0.2, 0.25) is 0 Å². The summed E-state index contributed by atoms with van der Waals surface area (Å²) in [4.78, 5) is 10.3. The predicted molar refractivity (Wildman–Crippen MR) is 53.9 cm³/mol. The number of carboxylic acids is 1. The highest BCUT2D eigenvalue weighted by Crippen LogP contribution is 2.19. The maximum atomic E-state index is 10.3. The first-order valence-corrected chi connectivity index (χ1v) is 4.84. The maximum Gasteiger partial charge on any atom is 0.0850 e. The summed E-state index contributed by atoms with van der Waals surface area (Å²) < 4.78 is 5.14. The molecule has 0 spiro atoms. The van der Waals surface area contributed by atoms with Gasteiger partial charge in [0.15, 0.2) is 0 Å². The van der Waals surface area contributed by atoms with Crippen molar-refractivity contribution in [2.45, 2.75) is 12.5 Å². The van der Waals surface area contributed by atoms with Crippen LogP contribution in [0, 0.1) is 0 Å². The SMILES string of the molecule is O=C([O-])/C=C/c1ccccc1CC1CO1. The van der Waals surface area contributed by atoms with E-state index in [-0.39, 0.29) is 0 Å². The van der Waals surface area contributed by atoms with E-state index in [1.54, 1.807) is 6.08 Å². The van der Waals surface area contributed by atoms with E-state index in [4.69, 9.17) is 4.74 Å². The number of rotatable bonds is 4. The van der Waals surface area contributed by atoms with E-state index in [1.807, 2.05) is 24.3 Å². The summed E-state index contributed by atoms with van der Waals surface area (Å²) in [5.74, 6) is -1.17. The zero-order valence-electron chi connectivity index (χ0n) is 8.18. The molecule has 78 valence electrons. The minimum absolute atomic E-state index is 0.308. The van der Waals surface area contributed by atoms with Gasteiger partial charge in [0, 0.05) is 6.42 Å². The molecule has 1 unspecified atom stereocenters. The Balaban J connectivity index is 2.16. The average Bonchev–Trinajstić information content (AvgIpc) is 3.00. The summed E-state index contributed by atoms with van der Waals surface area (Å²) >= 11 is 0. The second-order valence-electron chi connectivity index (χ2n) is 3.51. The molecule has 0 bridgehead atoms. The van der Waals surface area contributed by atoms with Crippen molar-refractivity contribution in [1.82, 2.24) is 0 Å². The van der Waals surface area contributed by atoms with Gasteiger partial charge < -0.3 is 14.6 Å². The third kappa shape index (κ3) is 2.92. The Bertz CT molecular complexity index is 392. The van der Waals surface area contributed by atoms with Crippen molar-refractivity contribution in [2.75, 3.05) is 6.61 Å². The van der Waals surface area contributed by atoms with E-state index in [0.717, 1.165) is 30.2 Å². The van der Waals surface area contributed by atoms with Gasteiger partial charge in [0.25, 0.3) is 0 Å². The second kappa shape index (κ2) is 4.28. The Hall–Kier alpha value is -1.61. The molecule has 3 nitrogen and oxygen atoms in total. The predicted octanol–water partition coefficient (Wildman–Crippen LogP) is 0.391. The Morgan fingerprint density at radius 1 is 1.53 bits per heavy atom. The summed E-state index contributed by atoms with van der Waals surface area (Å²) in [6.45, 7) is 0.804. The van der Waals surface area contributed by atoms with Crippen LogP contribution in [0.25, 0.3) is 6.08 Å². The molecule has 2 rings (SSSR count).